The van der Waals surface area contributed by atoms with E-state index in [1.807, 2.05) is 37.3 Å². The Balaban J connectivity index is 1.81. The van der Waals surface area contributed by atoms with Crippen LogP contribution in [0.3, 0.4) is 0 Å². The van der Waals surface area contributed by atoms with Gasteiger partial charge in [0.1, 0.15) is 0 Å². The highest BCUT2D eigenvalue weighted by atomic mass is 32.2. The highest BCUT2D eigenvalue weighted by Gasteiger charge is 2.39. The van der Waals surface area contributed by atoms with Crippen molar-refractivity contribution in [1.29, 1.82) is 0 Å². The zero-order valence-electron chi connectivity index (χ0n) is 12.7. The number of sulfonamides is 1. The van der Waals surface area contributed by atoms with Crippen molar-refractivity contribution in [3.05, 3.63) is 65.7 Å². The number of hydrogen-bond acceptors (Lipinski definition) is 2. The van der Waals surface area contributed by atoms with Crippen LogP contribution in [0.15, 0.2) is 59.5 Å². The second kappa shape index (κ2) is 5.86. The smallest absolute Gasteiger partial charge is 0.210 e. The van der Waals surface area contributed by atoms with Crippen LogP contribution in [0.2, 0.25) is 0 Å². The van der Waals surface area contributed by atoms with Gasteiger partial charge < -0.3 is 0 Å². The molecule has 0 atom stereocenters. The molecular formula is C18H21NO2S. The summed E-state index contributed by atoms with van der Waals surface area (Å²) in [6.45, 7) is 2.29. The van der Waals surface area contributed by atoms with Crippen molar-refractivity contribution in [2.45, 2.75) is 36.5 Å². The van der Waals surface area contributed by atoms with E-state index in [2.05, 4.69) is 16.9 Å². The minimum absolute atomic E-state index is 0.0446. The number of aryl methyl sites for hydroxylation is 1. The van der Waals surface area contributed by atoms with Crippen molar-refractivity contribution in [2.75, 3.05) is 6.54 Å². The van der Waals surface area contributed by atoms with Crippen LogP contribution in [-0.4, -0.2) is 15.0 Å². The quantitative estimate of drug-likeness (QED) is 0.919. The molecule has 0 heterocycles. The third kappa shape index (κ3) is 2.81. The van der Waals surface area contributed by atoms with Crippen molar-refractivity contribution in [3.63, 3.8) is 0 Å². The summed E-state index contributed by atoms with van der Waals surface area (Å²) < 4.78 is 27.9. The van der Waals surface area contributed by atoms with Crippen molar-refractivity contribution < 1.29 is 8.42 Å². The van der Waals surface area contributed by atoms with Crippen LogP contribution in [0.5, 0.6) is 0 Å². The van der Waals surface area contributed by atoms with E-state index in [0.717, 1.165) is 24.8 Å². The highest BCUT2D eigenvalue weighted by Crippen LogP contribution is 2.43. The van der Waals surface area contributed by atoms with Crippen LogP contribution in [0.1, 0.15) is 30.4 Å². The molecule has 0 aromatic heterocycles. The topological polar surface area (TPSA) is 46.2 Å². The standard InChI is InChI=1S/C18H21NO2S/c1-15-8-5-6-11-17(15)22(20,21)19-14-18(12-7-13-18)16-9-3-2-4-10-16/h2-6,8-11,19H,7,12-14H2,1H3. The number of hydrogen-bond donors (Lipinski definition) is 1. The fourth-order valence-electron chi connectivity index (χ4n) is 3.13. The summed E-state index contributed by atoms with van der Waals surface area (Å²) in [5.74, 6) is 0. The van der Waals surface area contributed by atoms with E-state index < -0.39 is 10.0 Å². The first-order valence-corrected chi connectivity index (χ1v) is 9.13. The predicted molar refractivity (Wildman–Crippen MR) is 88.3 cm³/mol. The first-order valence-electron chi connectivity index (χ1n) is 7.64. The molecule has 3 nitrogen and oxygen atoms in total. The average Bonchev–Trinajstić information content (AvgIpc) is 2.47. The van der Waals surface area contributed by atoms with Gasteiger partial charge in [-0.2, -0.15) is 0 Å². The molecule has 0 bridgehead atoms. The third-order valence-electron chi connectivity index (χ3n) is 4.68. The van der Waals surface area contributed by atoms with Gasteiger partial charge in [-0.15, -0.1) is 0 Å². The molecule has 4 heteroatoms. The van der Waals surface area contributed by atoms with Crippen LogP contribution in [0.25, 0.3) is 0 Å². The number of nitrogens with one attached hydrogen (secondary N) is 1. The lowest BCUT2D eigenvalue weighted by atomic mass is 9.64. The molecule has 0 radical (unpaired) electrons. The Morgan fingerprint density at radius 3 is 2.23 bits per heavy atom. The van der Waals surface area contributed by atoms with E-state index in [1.165, 1.54) is 5.56 Å². The van der Waals surface area contributed by atoms with Gasteiger partial charge in [0.25, 0.3) is 0 Å². The molecule has 2 aromatic carbocycles. The molecule has 22 heavy (non-hydrogen) atoms. The summed E-state index contributed by atoms with van der Waals surface area (Å²) in [6, 6.07) is 17.3. The Kier molecular flexibility index (Phi) is 4.06. The van der Waals surface area contributed by atoms with Gasteiger partial charge in [0, 0.05) is 12.0 Å². The van der Waals surface area contributed by atoms with Crippen LogP contribution < -0.4 is 4.72 Å². The monoisotopic (exact) mass is 315 g/mol. The lowest BCUT2D eigenvalue weighted by molar-refractivity contribution is 0.245. The molecule has 0 unspecified atom stereocenters. The minimum atomic E-state index is -3.46. The van der Waals surface area contributed by atoms with E-state index in [9.17, 15) is 8.42 Å². The summed E-state index contributed by atoms with van der Waals surface area (Å²) in [4.78, 5) is 0.373. The molecular weight excluding hydrogens is 294 g/mol. The molecule has 1 aliphatic carbocycles. The second-order valence-corrected chi connectivity index (χ2v) is 7.83. The van der Waals surface area contributed by atoms with E-state index in [0.29, 0.717) is 11.4 Å². The summed E-state index contributed by atoms with van der Waals surface area (Å²) >= 11 is 0. The average molecular weight is 315 g/mol. The van der Waals surface area contributed by atoms with Gasteiger partial charge in [-0.3, -0.25) is 0 Å². The summed E-state index contributed by atoms with van der Waals surface area (Å²) in [7, 11) is -3.46. The summed E-state index contributed by atoms with van der Waals surface area (Å²) in [5, 5.41) is 0. The Labute approximate surface area is 132 Å². The molecule has 2 aromatic rings. The zero-order chi connectivity index (χ0) is 15.6. The van der Waals surface area contributed by atoms with Crippen LogP contribution in [-0.2, 0) is 15.4 Å². The lowest BCUT2D eigenvalue weighted by Crippen LogP contribution is -2.45. The molecule has 1 aliphatic rings. The molecule has 116 valence electrons. The molecule has 0 spiro atoms. The molecule has 1 saturated carbocycles. The molecule has 1 N–H and O–H groups in total. The molecule has 0 saturated heterocycles. The van der Waals surface area contributed by atoms with E-state index in [4.69, 9.17) is 0 Å². The third-order valence-corrected chi connectivity index (χ3v) is 6.24. The van der Waals surface area contributed by atoms with Gasteiger partial charge in [-0.05, 0) is 37.0 Å². The zero-order valence-corrected chi connectivity index (χ0v) is 13.6. The van der Waals surface area contributed by atoms with Gasteiger partial charge in [-0.25, -0.2) is 13.1 Å². The van der Waals surface area contributed by atoms with Gasteiger partial charge in [0.05, 0.1) is 4.90 Å². The molecule has 3 rings (SSSR count). The van der Waals surface area contributed by atoms with E-state index >= 15 is 0 Å². The minimum Gasteiger partial charge on any atom is -0.210 e. The van der Waals surface area contributed by atoms with Gasteiger partial charge in [0.2, 0.25) is 10.0 Å². The Morgan fingerprint density at radius 2 is 1.64 bits per heavy atom. The fraction of sp³-hybridized carbons (Fsp3) is 0.333. The Hall–Kier alpha value is -1.65. The predicted octanol–water partition coefficient (Wildman–Crippen LogP) is 3.40. The maximum absolute atomic E-state index is 12.6. The van der Waals surface area contributed by atoms with Crippen molar-refractivity contribution in [2.24, 2.45) is 0 Å². The van der Waals surface area contributed by atoms with Crippen molar-refractivity contribution in [1.82, 2.24) is 4.72 Å². The highest BCUT2D eigenvalue weighted by molar-refractivity contribution is 7.89. The largest absolute Gasteiger partial charge is 0.240 e. The summed E-state index contributed by atoms with van der Waals surface area (Å²) in [5.41, 5.74) is 1.96. The van der Waals surface area contributed by atoms with Crippen molar-refractivity contribution in [3.8, 4) is 0 Å². The maximum Gasteiger partial charge on any atom is 0.240 e. The van der Waals surface area contributed by atoms with Crippen LogP contribution in [0, 0.1) is 6.92 Å². The van der Waals surface area contributed by atoms with Crippen molar-refractivity contribution >= 4 is 10.0 Å². The van der Waals surface area contributed by atoms with Gasteiger partial charge in [0.15, 0.2) is 0 Å². The second-order valence-electron chi connectivity index (χ2n) is 6.09. The van der Waals surface area contributed by atoms with E-state index in [1.54, 1.807) is 12.1 Å². The molecule has 1 fully saturated rings. The van der Waals surface area contributed by atoms with E-state index in [-0.39, 0.29) is 5.41 Å². The normalized spacial score (nSPS) is 17.0. The SMILES string of the molecule is Cc1ccccc1S(=O)(=O)NCC1(c2ccccc2)CCC1. The van der Waals surface area contributed by atoms with Crippen LogP contribution in [0.4, 0.5) is 0 Å². The first-order chi connectivity index (χ1) is 10.5. The Morgan fingerprint density at radius 1 is 1.00 bits per heavy atom. The number of benzene rings is 2. The first kappa shape index (κ1) is 15.3. The summed E-state index contributed by atoms with van der Waals surface area (Å²) in [6.07, 6.45) is 3.22. The van der Waals surface area contributed by atoms with Gasteiger partial charge >= 0.3 is 0 Å². The molecule has 0 amide bonds. The number of rotatable bonds is 5. The van der Waals surface area contributed by atoms with Gasteiger partial charge in [-0.1, -0.05) is 55.0 Å². The maximum atomic E-state index is 12.6. The Bertz CT molecular complexity index is 750. The molecule has 0 aliphatic heterocycles. The lowest BCUT2D eigenvalue weighted by Gasteiger charge is -2.42. The van der Waals surface area contributed by atoms with Crippen LogP contribution >= 0.6 is 0 Å². The fourth-order valence-corrected chi connectivity index (χ4v) is 4.50.